The van der Waals surface area contributed by atoms with Gasteiger partial charge in [-0.25, -0.2) is 0 Å². The average Bonchev–Trinajstić information content (AvgIpc) is 2.74. The molecule has 0 radical (unpaired) electrons. The van der Waals surface area contributed by atoms with Gasteiger partial charge < -0.3 is 15.0 Å². The molecule has 0 saturated heterocycles. The fourth-order valence-electron chi connectivity index (χ4n) is 3.31. The van der Waals surface area contributed by atoms with Crippen molar-refractivity contribution >= 4 is 23.4 Å². The van der Waals surface area contributed by atoms with Crippen LogP contribution in [0.25, 0.3) is 0 Å². The van der Waals surface area contributed by atoms with Crippen LogP contribution in [0.4, 0.5) is 0 Å². The Morgan fingerprint density at radius 3 is 2.41 bits per heavy atom. The maximum Gasteiger partial charge on any atom is 0.261 e. The molecule has 0 bridgehead atoms. The molecular formula is C26H35ClN2O3. The molecule has 2 aromatic carbocycles. The lowest BCUT2D eigenvalue weighted by Crippen LogP contribution is -2.50. The number of hydrogen-bond donors (Lipinski definition) is 1. The predicted molar refractivity (Wildman–Crippen MR) is 130 cm³/mol. The third-order valence-electron chi connectivity index (χ3n) is 5.46. The van der Waals surface area contributed by atoms with Crippen LogP contribution in [-0.2, 0) is 21.5 Å². The molecular weight excluding hydrogens is 424 g/mol. The summed E-state index contributed by atoms with van der Waals surface area (Å²) in [5.41, 5.74) is 1.75. The topological polar surface area (TPSA) is 58.6 Å². The number of amides is 2. The number of nitrogens with zero attached hydrogens (tertiary/aromatic N) is 1. The molecule has 2 aromatic rings. The van der Waals surface area contributed by atoms with Gasteiger partial charge in [0, 0.05) is 17.6 Å². The van der Waals surface area contributed by atoms with Crippen LogP contribution in [0, 0.1) is 0 Å². The first-order valence-corrected chi connectivity index (χ1v) is 11.5. The average molecular weight is 459 g/mol. The van der Waals surface area contributed by atoms with Gasteiger partial charge in [-0.15, -0.1) is 0 Å². The number of carbonyl (C=O) groups excluding carboxylic acids is 2. The fourth-order valence-corrected chi connectivity index (χ4v) is 3.53. The highest BCUT2D eigenvalue weighted by molar-refractivity contribution is 6.30. The lowest BCUT2D eigenvalue weighted by atomic mass is 9.86. The molecule has 174 valence electrons. The van der Waals surface area contributed by atoms with Crippen molar-refractivity contribution in [3.05, 3.63) is 64.7 Å². The molecule has 2 amide bonds. The van der Waals surface area contributed by atoms with Crippen molar-refractivity contribution in [3.63, 3.8) is 0 Å². The Hall–Kier alpha value is -2.53. The van der Waals surface area contributed by atoms with Crippen LogP contribution in [0.1, 0.15) is 59.1 Å². The van der Waals surface area contributed by atoms with Crippen LogP contribution in [0.5, 0.6) is 5.75 Å². The number of nitrogens with one attached hydrogen (secondary N) is 1. The number of carbonyl (C=O) groups is 2. The zero-order chi connectivity index (χ0) is 23.9. The molecule has 32 heavy (non-hydrogen) atoms. The minimum atomic E-state index is -0.656. The van der Waals surface area contributed by atoms with Crippen LogP contribution in [0.15, 0.2) is 48.5 Å². The van der Waals surface area contributed by atoms with E-state index in [9.17, 15) is 9.59 Å². The number of para-hydroxylation sites is 1. The van der Waals surface area contributed by atoms with E-state index in [0.29, 0.717) is 10.8 Å². The monoisotopic (exact) mass is 458 g/mol. The van der Waals surface area contributed by atoms with Crippen molar-refractivity contribution in [2.24, 2.45) is 0 Å². The van der Waals surface area contributed by atoms with Crippen molar-refractivity contribution < 1.29 is 14.3 Å². The maximum atomic E-state index is 13.3. The second-order valence-electron chi connectivity index (χ2n) is 9.18. The quantitative estimate of drug-likeness (QED) is 0.551. The van der Waals surface area contributed by atoms with Gasteiger partial charge in [0.1, 0.15) is 11.8 Å². The van der Waals surface area contributed by atoms with E-state index in [1.54, 1.807) is 24.0 Å². The molecule has 0 fully saturated rings. The third-order valence-corrected chi connectivity index (χ3v) is 5.69. The lowest BCUT2D eigenvalue weighted by molar-refractivity contribution is -0.142. The zero-order valence-electron chi connectivity index (χ0n) is 19.9. The van der Waals surface area contributed by atoms with Crippen molar-refractivity contribution in [1.29, 1.82) is 0 Å². The Morgan fingerprint density at radius 1 is 1.09 bits per heavy atom. The summed E-state index contributed by atoms with van der Waals surface area (Å²) >= 11 is 6.13. The molecule has 0 aromatic heterocycles. The smallest absolute Gasteiger partial charge is 0.261 e. The van der Waals surface area contributed by atoms with Crippen molar-refractivity contribution in [3.8, 4) is 5.75 Å². The Labute approximate surface area is 197 Å². The normalized spacial score (nSPS) is 13.2. The van der Waals surface area contributed by atoms with Gasteiger partial charge in [-0.1, -0.05) is 69.6 Å². The van der Waals surface area contributed by atoms with Crippen LogP contribution in [-0.4, -0.2) is 35.4 Å². The van der Waals surface area contributed by atoms with Crippen LogP contribution >= 0.6 is 11.6 Å². The minimum Gasteiger partial charge on any atom is -0.483 e. The third kappa shape index (κ3) is 7.27. The SMILES string of the molecule is CC[C@H](C)NC(=O)[C@@H](C)N(Cc1cccc(Cl)c1)C(=O)COc1ccccc1C(C)(C)C. The zero-order valence-corrected chi connectivity index (χ0v) is 20.7. The van der Waals surface area contributed by atoms with Crippen LogP contribution in [0.3, 0.4) is 0 Å². The number of ether oxygens (including phenoxy) is 1. The number of halogens is 1. The molecule has 5 nitrogen and oxygen atoms in total. The van der Waals surface area contributed by atoms with Gasteiger partial charge >= 0.3 is 0 Å². The van der Waals surface area contributed by atoms with Gasteiger partial charge in [0.15, 0.2) is 6.61 Å². The van der Waals surface area contributed by atoms with Gasteiger partial charge in [-0.2, -0.15) is 0 Å². The predicted octanol–water partition coefficient (Wildman–Crippen LogP) is 5.35. The van der Waals surface area contributed by atoms with E-state index in [-0.39, 0.29) is 36.4 Å². The van der Waals surface area contributed by atoms with E-state index in [1.807, 2.05) is 50.2 Å². The second-order valence-corrected chi connectivity index (χ2v) is 9.62. The molecule has 1 N–H and O–H groups in total. The van der Waals surface area contributed by atoms with Crippen LogP contribution < -0.4 is 10.1 Å². The first-order chi connectivity index (χ1) is 15.0. The van der Waals surface area contributed by atoms with E-state index in [1.165, 1.54) is 0 Å². The summed E-state index contributed by atoms with van der Waals surface area (Å²) in [7, 11) is 0. The van der Waals surface area contributed by atoms with Gasteiger partial charge in [-0.05, 0) is 55.0 Å². The largest absolute Gasteiger partial charge is 0.483 e. The molecule has 0 heterocycles. The molecule has 2 atom stereocenters. The Bertz CT molecular complexity index is 923. The minimum absolute atomic E-state index is 0.0305. The molecule has 0 spiro atoms. The van der Waals surface area contributed by atoms with E-state index < -0.39 is 6.04 Å². The summed E-state index contributed by atoms with van der Waals surface area (Å²) in [6.07, 6.45) is 0.813. The van der Waals surface area contributed by atoms with Crippen molar-refractivity contribution in [1.82, 2.24) is 10.2 Å². The van der Waals surface area contributed by atoms with E-state index >= 15 is 0 Å². The highest BCUT2D eigenvalue weighted by Gasteiger charge is 2.28. The maximum absolute atomic E-state index is 13.3. The standard InChI is InChI=1S/C26H35ClN2O3/c1-7-18(2)28-25(31)19(3)29(16-20-11-10-12-21(27)15-20)24(30)17-32-23-14-9-8-13-22(23)26(4,5)6/h8-15,18-19H,7,16-17H2,1-6H3,(H,28,31)/t18-,19+/m0/s1. The van der Waals surface area contributed by atoms with Gasteiger partial charge in [0.25, 0.3) is 5.91 Å². The van der Waals surface area contributed by atoms with Crippen molar-refractivity contribution in [2.75, 3.05) is 6.61 Å². The molecule has 0 saturated carbocycles. The highest BCUT2D eigenvalue weighted by atomic mass is 35.5. The van der Waals surface area contributed by atoms with Crippen molar-refractivity contribution in [2.45, 2.75) is 72.0 Å². The Morgan fingerprint density at radius 2 is 1.78 bits per heavy atom. The summed E-state index contributed by atoms with van der Waals surface area (Å²) in [5.74, 6) is 0.220. The lowest BCUT2D eigenvalue weighted by Gasteiger charge is -2.30. The summed E-state index contributed by atoms with van der Waals surface area (Å²) in [5, 5.41) is 3.55. The van der Waals surface area contributed by atoms with Gasteiger partial charge in [-0.3, -0.25) is 9.59 Å². The summed E-state index contributed by atoms with van der Waals surface area (Å²) in [6, 6.07) is 14.4. The molecule has 0 unspecified atom stereocenters. The molecule has 6 heteroatoms. The summed E-state index contributed by atoms with van der Waals surface area (Å²) in [6.45, 7) is 12.1. The van der Waals surface area contributed by atoms with E-state index in [2.05, 4.69) is 26.1 Å². The van der Waals surface area contributed by atoms with E-state index in [0.717, 1.165) is 17.5 Å². The molecule has 0 aliphatic carbocycles. The first-order valence-electron chi connectivity index (χ1n) is 11.1. The molecule has 0 aliphatic rings. The molecule has 2 rings (SSSR count). The Kier molecular flexibility index (Phi) is 9.14. The number of hydrogen-bond acceptors (Lipinski definition) is 3. The number of rotatable bonds is 9. The summed E-state index contributed by atoms with van der Waals surface area (Å²) in [4.78, 5) is 27.6. The summed E-state index contributed by atoms with van der Waals surface area (Å²) < 4.78 is 5.95. The first kappa shape index (κ1) is 25.7. The van der Waals surface area contributed by atoms with Gasteiger partial charge in [0.2, 0.25) is 5.91 Å². The fraction of sp³-hybridized carbons (Fsp3) is 0.462. The highest BCUT2D eigenvalue weighted by Crippen LogP contribution is 2.31. The Balaban J connectivity index is 2.23. The molecule has 0 aliphatic heterocycles. The number of benzene rings is 2. The van der Waals surface area contributed by atoms with Crippen LogP contribution in [0.2, 0.25) is 5.02 Å². The van der Waals surface area contributed by atoms with E-state index in [4.69, 9.17) is 16.3 Å². The van der Waals surface area contributed by atoms with Gasteiger partial charge in [0.05, 0.1) is 0 Å². The second kappa shape index (κ2) is 11.4.